The number of piperazine rings is 1. The molecule has 2 heterocycles. The summed E-state index contributed by atoms with van der Waals surface area (Å²) in [7, 11) is -0.0516. The fourth-order valence-electron chi connectivity index (χ4n) is 4.56. The quantitative estimate of drug-likeness (QED) is 0.373. The molecule has 11 nitrogen and oxygen atoms in total. The van der Waals surface area contributed by atoms with Crippen LogP contribution in [0.25, 0.3) is 0 Å². The number of carbonyl (C=O) groups excluding carboxylic acids is 1. The first-order chi connectivity index (χ1) is 19.7. The molecule has 1 aromatic heterocycles. The Hall–Kier alpha value is -3.74. The second kappa shape index (κ2) is 12.6. The number of aromatic nitrogens is 2. The molecule has 1 aliphatic heterocycles. The predicted octanol–water partition coefficient (Wildman–Crippen LogP) is 4.25. The zero-order valence-electron chi connectivity index (χ0n) is 25.3. The Kier molecular flexibility index (Phi) is 9.39. The lowest BCUT2D eigenvalue weighted by atomic mass is 9.86. The van der Waals surface area contributed by atoms with Gasteiger partial charge in [0.1, 0.15) is 12.1 Å². The summed E-state index contributed by atoms with van der Waals surface area (Å²) in [5.74, 6) is 0.680. The molecule has 1 amide bonds. The van der Waals surface area contributed by atoms with Crippen LogP contribution in [0.15, 0.2) is 42.7 Å². The predicted molar refractivity (Wildman–Crippen MR) is 164 cm³/mol. The average molecular weight is 597 g/mol. The molecule has 42 heavy (non-hydrogen) atoms. The Morgan fingerprint density at radius 2 is 1.71 bits per heavy atom. The van der Waals surface area contributed by atoms with Crippen molar-refractivity contribution in [2.45, 2.75) is 39.7 Å². The molecule has 0 unspecified atom stereocenters. The van der Waals surface area contributed by atoms with E-state index in [0.717, 1.165) is 49.3 Å². The Morgan fingerprint density at radius 3 is 2.36 bits per heavy atom. The summed E-state index contributed by atoms with van der Waals surface area (Å²) in [5.41, 5.74) is 3.11. The highest BCUT2D eigenvalue weighted by Crippen LogP contribution is 2.39. The summed E-state index contributed by atoms with van der Waals surface area (Å²) in [6.07, 6.45) is 2.55. The van der Waals surface area contributed by atoms with Gasteiger partial charge < -0.3 is 19.7 Å². The number of hydrogen-bond donors (Lipinski definition) is 2. The minimum Gasteiger partial charge on any atom is -0.492 e. The SMILES string of the molecule is COc1c(NC(=O)c2ccc(C)c(Oc3cc(CN4CCN(C)CC4)ncn3)c2)cc(C(C)(C)C)cc1NS(C)(=O)=O. The summed E-state index contributed by atoms with van der Waals surface area (Å²) in [6.45, 7) is 12.6. The number of aryl methyl sites for hydroxylation is 1. The van der Waals surface area contributed by atoms with Crippen molar-refractivity contribution in [3.05, 3.63) is 65.1 Å². The van der Waals surface area contributed by atoms with Crippen molar-refractivity contribution in [2.24, 2.45) is 0 Å². The summed E-state index contributed by atoms with van der Waals surface area (Å²) in [4.78, 5) is 26.8. The highest BCUT2D eigenvalue weighted by Gasteiger charge is 2.23. The number of nitrogens with zero attached hydrogens (tertiary/aromatic N) is 4. The van der Waals surface area contributed by atoms with Crippen LogP contribution in [0.1, 0.15) is 48.0 Å². The number of carbonyl (C=O) groups is 1. The molecule has 1 saturated heterocycles. The summed E-state index contributed by atoms with van der Waals surface area (Å²) >= 11 is 0. The molecule has 4 rings (SSSR count). The Balaban J connectivity index is 1.57. The van der Waals surface area contributed by atoms with Gasteiger partial charge in [-0.1, -0.05) is 26.8 Å². The third kappa shape index (κ3) is 8.17. The number of anilines is 2. The molecular weight excluding hydrogens is 556 g/mol. The third-order valence-corrected chi connectivity index (χ3v) is 7.64. The van der Waals surface area contributed by atoms with Crippen molar-refractivity contribution in [1.82, 2.24) is 19.8 Å². The first-order valence-electron chi connectivity index (χ1n) is 13.7. The number of rotatable bonds is 9. The lowest BCUT2D eigenvalue weighted by Crippen LogP contribution is -2.44. The molecule has 0 bridgehead atoms. The molecule has 0 spiro atoms. The average Bonchev–Trinajstić information content (AvgIpc) is 2.90. The van der Waals surface area contributed by atoms with E-state index < -0.39 is 15.9 Å². The van der Waals surface area contributed by atoms with E-state index in [2.05, 4.69) is 36.9 Å². The minimum atomic E-state index is -3.60. The Bertz CT molecular complexity index is 1550. The zero-order valence-corrected chi connectivity index (χ0v) is 26.1. The van der Waals surface area contributed by atoms with Gasteiger partial charge in [0.2, 0.25) is 15.9 Å². The molecule has 226 valence electrons. The van der Waals surface area contributed by atoms with Crippen LogP contribution < -0.4 is 19.5 Å². The van der Waals surface area contributed by atoms with Gasteiger partial charge in [-0.2, -0.15) is 0 Å². The number of nitrogens with one attached hydrogen (secondary N) is 2. The van der Waals surface area contributed by atoms with E-state index in [4.69, 9.17) is 9.47 Å². The molecule has 2 N–H and O–H groups in total. The van der Waals surface area contributed by atoms with E-state index in [-0.39, 0.29) is 16.9 Å². The maximum Gasteiger partial charge on any atom is 0.255 e. The van der Waals surface area contributed by atoms with Crippen LogP contribution in [-0.2, 0) is 22.0 Å². The standard InChI is InChI=1S/C30H40N6O5S/c1-20-8-9-21(14-26(20)41-27-17-23(31-19-32-27)18-36-12-10-35(5)11-13-36)29(37)33-24-15-22(30(2,3)4)16-25(28(24)40-6)34-42(7,38)39/h8-9,14-17,19,34H,10-13,18H2,1-7H3,(H,33,37). The van der Waals surface area contributed by atoms with Gasteiger partial charge >= 0.3 is 0 Å². The molecule has 1 fully saturated rings. The maximum absolute atomic E-state index is 13.5. The van der Waals surface area contributed by atoms with Crippen molar-refractivity contribution in [2.75, 3.05) is 56.6 Å². The molecule has 2 aromatic carbocycles. The highest BCUT2D eigenvalue weighted by atomic mass is 32.2. The van der Waals surface area contributed by atoms with Crippen molar-refractivity contribution >= 4 is 27.3 Å². The van der Waals surface area contributed by atoms with Crippen LogP contribution in [0.4, 0.5) is 11.4 Å². The number of amides is 1. The number of hydrogen-bond acceptors (Lipinski definition) is 9. The van der Waals surface area contributed by atoms with Gasteiger partial charge in [0.25, 0.3) is 5.91 Å². The van der Waals surface area contributed by atoms with Gasteiger partial charge in [-0.15, -0.1) is 0 Å². The smallest absolute Gasteiger partial charge is 0.255 e. The van der Waals surface area contributed by atoms with Crippen LogP contribution in [-0.4, -0.2) is 80.7 Å². The van der Waals surface area contributed by atoms with Gasteiger partial charge in [-0.25, -0.2) is 18.4 Å². The van der Waals surface area contributed by atoms with E-state index >= 15 is 0 Å². The number of sulfonamides is 1. The Labute approximate surface area is 248 Å². The number of likely N-dealkylation sites (N-methyl/N-ethyl adjacent to an activating group) is 1. The van der Waals surface area contributed by atoms with Crippen molar-refractivity contribution in [3.8, 4) is 17.4 Å². The van der Waals surface area contributed by atoms with Crippen LogP contribution in [0.2, 0.25) is 0 Å². The first kappa shape index (κ1) is 31.2. The molecule has 0 aliphatic carbocycles. The van der Waals surface area contributed by atoms with Crippen LogP contribution in [0.3, 0.4) is 0 Å². The molecule has 12 heteroatoms. The van der Waals surface area contributed by atoms with Crippen LogP contribution in [0.5, 0.6) is 17.4 Å². The third-order valence-electron chi connectivity index (χ3n) is 7.05. The van der Waals surface area contributed by atoms with Gasteiger partial charge in [0.05, 0.1) is 30.4 Å². The molecule has 0 saturated carbocycles. The first-order valence-corrected chi connectivity index (χ1v) is 15.6. The van der Waals surface area contributed by atoms with Crippen LogP contribution >= 0.6 is 0 Å². The second-order valence-electron chi connectivity index (χ2n) is 11.7. The normalized spacial score (nSPS) is 14.8. The maximum atomic E-state index is 13.5. The molecule has 0 atom stereocenters. The molecule has 3 aromatic rings. The van der Waals surface area contributed by atoms with E-state index in [1.54, 1.807) is 30.3 Å². The lowest BCUT2D eigenvalue weighted by Gasteiger charge is -2.32. The summed E-state index contributed by atoms with van der Waals surface area (Å²) < 4.78 is 38.3. The van der Waals surface area contributed by atoms with E-state index in [1.165, 1.54) is 13.4 Å². The van der Waals surface area contributed by atoms with Crippen LogP contribution in [0, 0.1) is 6.92 Å². The largest absolute Gasteiger partial charge is 0.492 e. The van der Waals surface area contributed by atoms with Gasteiger partial charge in [-0.05, 0) is 54.8 Å². The molecule has 0 radical (unpaired) electrons. The van der Waals surface area contributed by atoms with E-state index in [9.17, 15) is 13.2 Å². The van der Waals surface area contributed by atoms with Gasteiger partial charge in [0, 0.05) is 44.4 Å². The molecular formula is C30H40N6O5S. The lowest BCUT2D eigenvalue weighted by molar-refractivity contribution is 0.102. The number of benzene rings is 2. The van der Waals surface area contributed by atoms with E-state index in [1.807, 2.05) is 33.8 Å². The molecule has 1 aliphatic rings. The van der Waals surface area contributed by atoms with Crippen molar-refractivity contribution in [3.63, 3.8) is 0 Å². The Morgan fingerprint density at radius 1 is 1.02 bits per heavy atom. The fraction of sp³-hybridized carbons (Fsp3) is 0.433. The number of ether oxygens (including phenoxy) is 2. The fourth-order valence-corrected chi connectivity index (χ4v) is 5.11. The topological polar surface area (TPSA) is 126 Å². The summed E-state index contributed by atoms with van der Waals surface area (Å²) in [5, 5.41) is 2.90. The van der Waals surface area contributed by atoms with Crippen molar-refractivity contribution < 1.29 is 22.7 Å². The second-order valence-corrected chi connectivity index (χ2v) is 13.4. The van der Waals surface area contributed by atoms with Gasteiger partial charge in [0.15, 0.2) is 5.75 Å². The van der Waals surface area contributed by atoms with Crippen molar-refractivity contribution in [1.29, 1.82) is 0 Å². The highest BCUT2D eigenvalue weighted by molar-refractivity contribution is 7.92. The van der Waals surface area contributed by atoms with E-state index in [0.29, 0.717) is 29.4 Å². The monoisotopic (exact) mass is 596 g/mol. The zero-order chi connectivity index (χ0) is 30.7. The number of methoxy groups -OCH3 is 1. The summed E-state index contributed by atoms with van der Waals surface area (Å²) in [6, 6.07) is 10.5. The van der Waals surface area contributed by atoms with Gasteiger partial charge in [-0.3, -0.25) is 14.4 Å². The minimum absolute atomic E-state index is 0.208.